The van der Waals surface area contributed by atoms with Gasteiger partial charge in [-0.1, -0.05) is 54.7 Å². The molecule has 0 aliphatic carbocycles. The first kappa shape index (κ1) is 23.4. The smallest absolute Gasteiger partial charge is 0.257 e. The van der Waals surface area contributed by atoms with Crippen LogP contribution in [0.1, 0.15) is 22.8 Å². The van der Waals surface area contributed by atoms with Crippen molar-refractivity contribution < 1.29 is 13.2 Å². The Morgan fingerprint density at radius 3 is 2.42 bits per heavy atom. The van der Waals surface area contributed by atoms with Gasteiger partial charge < -0.3 is 0 Å². The van der Waals surface area contributed by atoms with Crippen molar-refractivity contribution in [3.63, 3.8) is 0 Å². The van der Waals surface area contributed by atoms with E-state index in [0.29, 0.717) is 17.2 Å². The van der Waals surface area contributed by atoms with Crippen LogP contribution >= 0.6 is 23.1 Å². The number of rotatable bonds is 8. The molecule has 0 spiro atoms. The molecule has 0 aliphatic rings. The van der Waals surface area contributed by atoms with Gasteiger partial charge in [0.1, 0.15) is 0 Å². The van der Waals surface area contributed by atoms with Crippen LogP contribution in [0.15, 0.2) is 82.6 Å². The molecule has 3 aromatic carbocycles. The summed E-state index contributed by atoms with van der Waals surface area (Å²) < 4.78 is 28.6. The van der Waals surface area contributed by atoms with Gasteiger partial charge in [0, 0.05) is 23.5 Å². The summed E-state index contributed by atoms with van der Waals surface area (Å²) in [6, 6.07) is 21.4. The first-order valence-electron chi connectivity index (χ1n) is 10.3. The number of thiazole rings is 1. The van der Waals surface area contributed by atoms with Gasteiger partial charge in [0.2, 0.25) is 10.0 Å². The second-order valence-corrected chi connectivity index (χ2v) is 11.0. The van der Waals surface area contributed by atoms with Crippen LogP contribution in [-0.4, -0.2) is 36.4 Å². The number of fused-ring (bicyclic) bond motifs is 1. The molecule has 4 rings (SSSR count). The summed E-state index contributed by atoms with van der Waals surface area (Å²) in [6.45, 7) is 2.44. The van der Waals surface area contributed by atoms with Gasteiger partial charge in [-0.25, -0.2) is 13.4 Å². The van der Waals surface area contributed by atoms with Crippen LogP contribution < -0.4 is 5.32 Å². The summed E-state index contributed by atoms with van der Waals surface area (Å²) in [6.07, 6.45) is 1.99. The summed E-state index contributed by atoms with van der Waals surface area (Å²) in [5, 5.41) is 3.33. The highest BCUT2D eigenvalue weighted by molar-refractivity contribution is 7.98. The Morgan fingerprint density at radius 1 is 1.03 bits per heavy atom. The third kappa shape index (κ3) is 5.11. The van der Waals surface area contributed by atoms with Crippen molar-refractivity contribution >= 4 is 54.4 Å². The van der Waals surface area contributed by atoms with Crippen LogP contribution in [-0.2, 0) is 16.6 Å². The Bertz CT molecular complexity index is 1370. The van der Waals surface area contributed by atoms with Crippen LogP contribution in [0.3, 0.4) is 0 Å². The van der Waals surface area contributed by atoms with Gasteiger partial charge >= 0.3 is 0 Å². The van der Waals surface area contributed by atoms with Gasteiger partial charge in [-0.2, -0.15) is 4.31 Å². The van der Waals surface area contributed by atoms with E-state index in [1.54, 1.807) is 11.8 Å². The maximum Gasteiger partial charge on any atom is 0.257 e. The number of anilines is 1. The predicted molar refractivity (Wildman–Crippen MR) is 136 cm³/mol. The highest BCUT2D eigenvalue weighted by Gasteiger charge is 2.23. The molecule has 6 nitrogen and oxygen atoms in total. The number of carbonyl (C=O) groups excluding carboxylic acids is 1. The van der Waals surface area contributed by atoms with E-state index in [4.69, 9.17) is 0 Å². The molecular formula is C24H23N3O3S3. The molecule has 1 heterocycles. The van der Waals surface area contributed by atoms with E-state index >= 15 is 0 Å². The largest absolute Gasteiger partial charge is 0.298 e. The second-order valence-electron chi connectivity index (χ2n) is 7.22. The molecule has 0 atom stereocenters. The Balaban J connectivity index is 1.50. The molecule has 1 aromatic heterocycles. The highest BCUT2D eigenvalue weighted by atomic mass is 32.2. The number of benzene rings is 3. The summed E-state index contributed by atoms with van der Waals surface area (Å²) in [5.74, 6) is -0.333. The van der Waals surface area contributed by atoms with Crippen LogP contribution in [0.2, 0.25) is 0 Å². The van der Waals surface area contributed by atoms with Crippen LogP contribution in [0, 0.1) is 0 Å². The zero-order valence-corrected chi connectivity index (χ0v) is 20.6. The molecule has 170 valence electrons. The average Bonchev–Trinajstić information content (AvgIpc) is 3.25. The first-order valence-corrected chi connectivity index (χ1v) is 13.8. The zero-order chi connectivity index (χ0) is 23.4. The second kappa shape index (κ2) is 10.0. The van der Waals surface area contributed by atoms with E-state index in [0.717, 1.165) is 20.7 Å². The lowest BCUT2D eigenvalue weighted by Gasteiger charge is -2.20. The number of thioether (sulfide) groups is 1. The van der Waals surface area contributed by atoms with Gasteiger partial charge in [-0.15, -0.1) is 11.8 Å². The maximum absolute atomic E-state index is 13.1. The van der Waals surface area contributed by atoms with Crippen LogP contribution in [0.4, 0.5) is 5.13 Å². The lowest BCUT2D eigenvalue weighted by Crippen LogP contribution is -2.30. The van der Waals surface area contributed by atoms with Gasteiger partial charge in [-0.3, -0.25) is 10.1 Å². The minimum Gasteiger partial charge on any atom is -0.298 e. The molecule has 0 saturated heterocycles. The molecule has 1 N–H and O–H groups in total. The number of sulfonamides is 1. The molecule has 9 heteroatoms. The molecule has 0 fully saturated rings. The van der Waals surface area contributed by atoms with Crippen molar-refractivity contribution in [2.45, 2.75) is 23.3 Å². The standard InChI is InChI=1S/C24H23N3O3S3/c1-3-27(16-17-8-5-4-6-9-17)33(29,30)19-14-12-18(13-15-19)23(28)26-24-25-22-20(31-2)10-7-11-21(22)32-24/h4-15H,3,16H2,1-2H3,(H,25,26,28). The van der Waals surface area contributed by atoms with E-state index < -0.39 is 10.0 Å². The van der Waals surface area contributed by atoms with Crippen molar-refractivity contribution in [2.75, 3.05) is 18.1 Å². The molecule has 4 aromatic rings. The summed E-state index contributed by atoms with van der Waals surface area (Å²) in [5.41, 5.74) is 2.15. The fourth-order valence-electron chi connectivity index (χ4n) is 3.39. The number of para-hydroxylation sites is 1. The van der Waals surface area contributed by atoms with E-state index in [9.17, 15) is 13.2 Å². The lowest BCUT2D eigenvalue weighted by molar-refractivity contribution is 0.102. The van der Waals surface area contributed by atoms with E-state index in [-0.39, 0.29) is 17.3 Å². The monoisotopic (exact) mass is 497 g/mol. The Morgan fingerprint density at radius 2 is 1.76 bits per heavy atom. The molecule has 1 amide bonds. The summed E-state index contributed by atoms with van der Waals surface area (Å²) >= 11 is 3.01. The zero-order valence-electron chi connectivity index (χ0n) is 18.2. The van der Waals surface area contributed by atoms with Crippen molar-refractivity contribution in [1.82, 2.24) is 9.29 Å². The van der Waals surface area contributed by atoms with Crippen LogP contribution in [0.25, 0.3) is 10.2 Å². The lowest BCUT2D eigenvalue weighted by atomic mass is 10.2. The third-order valence-corrected chi connectivity index (χ3v) is 8.77. The van der Waals surface area contributed by atoms with E-state index in [2.05, 4.69) is 10.3 Å². The molecule has 0 radical (unpaired) electrons. The maximum atomic E-state index is 13.1. The minimum atomic E-state index is -3.69. The van der Waals surface area contributed by atoms with Crippen molar-refractivity contribution in [3.05, 3.63) is 83.9 Å². The van der Waals surface area contributed by atoms with E-state index in [1.165, 1.54) is 39.9 Å². The molecular weight excluding hydrogens is 474 g/mol. The normalized spacial score (nSPS) is 11.7. The van der Waals surface area contributed by atoms with E-state index in [1.807, 2.05) is 61.7 Å². The molecule has 0 bridgehead atoms. The SMILES string of the molecule is CCN(Cc1ccccc1)S(=O)(=O)c1ccc(C(=O)Nc2nc3c(SC)cccc3s2)cc1. The topological polar surface area (TPSA) is 79.4 Å². The molecule has 0 saturated carbocycles. The van der Waals surface area contributed by atoms with Crippen molar-refractivity contribution in [2.24, 2.45) is 0 Å². The van der Waals surface area contributed by atoms with Gasteiger partial charge in [0.25, 0.3) is 5.91 Å². The number of hydrogen-bond acceptors (Lipinski definition) is 6. The molecule has 0 aliphatic heterocycles. The fourth-order valence-corrected chi connectivity index (χ4v) is 6.35. The number of nitrogens with one attached hydrogen (secondary N) is 1. The average molecular weight is 498 g/mol. The third-order valence-electron chi connectivity index (χ3n) is 5.13. The van der Waals surface area contributed by atoms with Crippen LogP contribution in [0.5, 0.6) is 0 Å². The van der Waals surface area contributed by atoms with Crippen molar-refractivity contribution in [1.29, 1.82) is 0 Å². The summed E-state index contributed by atoms with van der Waals surface area (Å²) in [7, 11) is -3.69. The van der Waals surface area contributed by atoms with Gasteiger partial charge in [0.05, 0.1) is 15.1 Å². The summed E-state index contributed by atoms with van der Waals surface area (Å²) in [4.78, 5) is 18.5. The molecule has 33 heavy (non-hydrogen) atoms. The number of nitrogens with zero attached hydrogens (tertiary/aromatic N) is 2. The van der Waals surface area contributed by atoms with Crippen molar-refractivity contribution in [3.8, 4) is 0 Å². The fraction of sp³-hybridized carbons (Fsp3) is 0.167. The Kier molecular flexibility index (Phi) is 7.14. The Hall–Kier alpha value is -2.72. The van der Waals surface area contributed by atoms with Gasteiger partial charge in [0.15, 0.2) is 5.13 Å². The number of amides is 1. The van der Waals surface area contributed by atoms with Gasteiger partial charge in [-0.05, 0) is 48.2 Å². The molecule has 0 unspecified atom stereocenters. The quantitative estimate of drug-likeness (QED) is 0.326. The highest BCUT2D eigenvalue weighted by Crippen LogP contribution is 2.32. The minimum absolute atomic E-state index is 0.154. The number of aromatic nitrogens is 1. The first-order chi connectivity index (χ1) is 15.9. The Labute approximate surface area is 201 Å². The predicted octanol–water partition coefficient (Wildman–Crippen LogP) is 5.48. The number of hydrogen-bond donors (Lipinski definition) is 1. The number of carbonyl (C=O) groups is 1.